The highest BCUT2D eigenvalue weighted by Gasteiger charge is 2.53. The Morgan fingerprint density at radius 1 is 1.39 bits per heavy atom. The zero-order chi connectivity index (χ0) is 27.1. The quantitative estimate of drug-likeness (QED) is 0.0787. The molecule has 2 aromatic heterocycles. The number of rotatable bonds is 6. The Bertz CT molecular complexity index is 1480. The van der Waals surface area contributed by atoms with E-state index >= 15 is 0 Å². The van der Waals surface area contributed by atoms with Crippen molar-refractivity contribution in [1.82, 2.24) is 20.5 Å². The summed E-state index contributed by atoms with van der Waals surface area (Å²) < 4.78 is 1.78. The Morgan fingerprint density at radius 2 is 2.18 bits per heavy atom. The van der Waals surface area contributed by atoms with Crippen LogP contribution >= 0.6 is 23.1 Å². The van der Waals surface area contributed by atoms with Gasteiger partial charge in [-0.2, -0.15) is 0 Å². The fourth-order valence-electron chi connectivity index (χ4n) is 4.65. The van der Waals surface area contributed by atoms with Gasteiger partial charge in [-0.25, -0.2) is 9.55 Å². The third-order valence-corrected chi connectivity index (χ3v) is 8.25. The van der Waals surface area contributed by atoms with E-state index < -0.39 is 34.9 Å². The number of thiazole rings is 1. The molecule has 3 aliphatic heterocycles. The van der Waals surface area contributed by atoms with Crippen molar-refractivity contribution in [2.75, 3.05) is 18.0 Å². The summed E-state index contributed by atoms with van der Waals surface area (Å²) in [5, 5.41) is 30.8. The van der Waals surface area contributed by atoms with Crippen molar-refractivity contribution in [1.29, 1.82) is 0 Å². The maximum Gasteiger partial charge on any atom is 0.276 e. The van der Waals surface area contributed by atoms with Gasteiger partial charge in [-0.15, -0.1) is 23.1 Å². The Balaban J connectivity index is 1.50. The minimum atomic E-state index is -1.57. The second kappa shape index (κ2) is 9.90. The number of nitrogen functional groups attached to an aromatic ring is 1. The second-order valence-corrected chi connectivity index (χ2v) is 10.6. The number of hydrogen-bond acceptors (Lipinski definition) is 11. The number of nitrogens with two attached hydrogens (primary N) is 1. The molecule has 2 atom stereocenters. The van der Waals surface area contributed by atoms with Gasteiger partial charge in [-0.3, -0.25) is 19.3 Å². The van der Waals surface area contributed by atoms with Gasteiger partial charge in [0.05, 0.1) is 11.7 Å². The highest BCUT2D eigenvalue weighted by molar-refractivity contribution is 8.00. The Hall–Kier alpha value is -4.24. The van der Waals surface area contributed by atoms with Gasteiger partial charge in [0.15, 0.2) is 23.2 Å². The number of oxime groups is 1. The first-order chi connectivity index (χ1) is 18.2. The molecule has 0 unspecified atom stereocenters. The maximum atomic E-state index is 13.2. The van der Waals surface area contributed by atoms with Crippen molar-refractivity contribution in [3.63, 3.8) is 0 Å². The number of aliphatic carboxylic acids is 1. The van der Waals surface area contributed by atoms with Crippen LogP contribution in [0.5, 0.6) is 0 Å². The van der Waals surface area contributed by atoms with E-state index in [9.17, 15) is 29.5 Å². The summed E-state index contributed by atoms with van der Waals surface area (Å²) in [6.07, 6.45) is 3.96. The van der Waals surface area contributed by atoms with Crippen LogP contribution in [0.3, 0.4) is 0 Å². The van der Waals surface area contributed by atoms with Crippen LogP contribution in [0.25, 0.3) is 5.57 Å². The second-order valence-electron chi connectivity index (χ2n) is 8.61. The molecule has 0 bridgehead atoms. The normalized spacial score (nSPS) is 22.6. The maximum absolute atomic E-state index is 13.2. The summed E-state index contributed by atoms with van der Waals surface area (Å²) in [6, 6.07) is 2.46. The van der Waals surface area contributed by atoms with Gasteiger partial charge >= 0.3 is 0 Å². The molecule has 2 saturated heterocycles. The average Bonchev–Trinajstić information content (AvgIpc) is 3.50. The lowest BCUT2D eigenvalue weighted by atomic mass is 9.90. The molecule has 196 valence electrons. The molecular weight excluding hydrogens is 534 g/mol. The topological polar surface area (TPSA) is 194 Å². The number of carboxylic acids is 1. The first kappa shape index (κ1) is 25.4. The third-order valence-electron chi connectivity index (χ3n) is 6.29. The minimum absolute atomic E-state index is 0.0344. The Labute approximate surface area is 223 Å². The third kappa shape index (κ3) is 4.28. The monoisotopic (exact) mass is 555 g/mol. The van der Waals surface area contributed by atoms with E-state index in [1.165, 1.54) is 17.1 Å². The molecule has 5 heterocycles. The smallest absolute Gasteiger partial charge is 0.276 e. The summed E-state index contributed by atoms with van der Waals surface area (Å²) in [5.74, 6) is -3.29. The van der Waals surface area contributed by atoms with E-state index in [4.69, 9.17) is 5.73 Å². The van der Waals surface area contributed by atoms with Crippen LogP contribution in [-0.4, -0.2) is 68.2 Å². The number of fused-ring (bicyclic) bond motifs is 1. The van der Waals surface area contributed by atoms with Crippen LogP contribution in [0.4, 0.5) is 5.13 Å². The number of carbonyl (C=O) groups is 4. The molecule has 13 nitrogen and oxygen atoms in total. The van der Waals surface area contributed by atoms with Crippen molar-refractivity contribution >= 4 is 63.2 Å². The van der Waals surface area contributed by atoms with E-state index in [1.807, 2.05) is 0 Å². The molecule has 0 saturated carbocycles. The van der Waals surface area contributed by atoms with Gasteiger partial charge in [-0.1, -0.05) is 5.16 Å². The number of β-lactam (4-membered cyclic amide) rings is 1. The van der Waals surface area contributed by atoms with Crippen molar-refractivity contribution < 1.29 is 34.1 Å². The lowest BCUT2D eigenvalue weighted by Gasteiger charge is -2.51. The molecule has 2 aromatic rings. The number of carbonyl (C=O) groups excluding carboxylic acids is 4. The lowest BCUT2D eigenvalue weighted by Crippen LogP contribution is -2.71. The lowest BCUT2D eigenvalue weighted by molar-refractivity contribution is -0.671. The number of nitrogens with one attached hydrogen (secondary N) is 2. The first-order valence-electron chi connectivity index (χ1n) is 11.3. The number of amides is 3. The number of thioether (sulfide) groups is 1. The molecule has 2 fully saturated rings. The standard InChI is InChI=1S/C23H21N7O6S2/c1-29-6-2-3-10(7-29)14(11-4-5-25-18(11)31)12-8-37-21-16(20(33)30(21)17(12)22(34)35)27-19(32)15(28-36)13-9-38-23(24)26-13/h2-3,6-7,9,16,21H,4-5,8H2,1H3,(H5-,24,25,26,27,31,32,34,35,36)/t16-,21-/m1/s1. The summed E-state index contributed by atoms with van der Waals surface area (Å²) in [6.45, 7) is 0.413. The number of pyridine rings is 1. The molecule has 5 rings (SSSR count). The molecule has 0 aliphatic carbocycles. The number of allylic oxidation sites excluding steroid dienone is 1. The summed E-state index contributed by atoms with van der Waals surface area (Å²) in [7, 11) is 1.80. The van der Waals surface area contributed by atoms with E-state index in [1.54, 1.807) is 36.1 Å². The van der Waals surface area contributed by atoms with Gasteiger partial charge in [0, 0.05) is 40.5 Å². The first-order valence-corrected chi connectivity index (χ1v) is 13.2. The summed E-state index contributed by atoms with van der Waals surface area (Å²) in [5.41, 5.74) is 6.62. The summed E-state index contributed by atoms with van der Waals surface area (Å²) in [4.78, 5) is 56.0. The number of aromatic nitrogens is 2. The highest BCUT2D eigenvalue weighted by Crippen LogP contribution is 2.45. The zero-order valence-electron chi connectivity index (χ0n) is 19.8. The molecule has 15 heteroatoms. The number of carboxylic acid groups (broad SMARTS) is 1. The van der Waals surface area contributed by atoms with Crippen LogP contribution < -0.4 is 26.0 Å². The van der Waals surface area contributed by atoms with Gasteiger partial charge in [0.25, 0.3) is 11.8 Å². The SMILES string of the molecule is C[n+]1cccc(C(=C2CCNC2=O)C2=C(C(=O)[O-])N3C(=O)[C@@H](NC(=O)C(=NO)c4csc(N)n4)[C@H]3SC2)c1. The average molecular weight is 556 g/mol. The van der Waals surface area contributed by atoms with Gasteiger partial charge in [0.2, 0.25) is 5.91 Å². The van der Waals surface area contributed by atoms with Crippen molar-refractivity contribution in [3.8, 4) is 0 Å². The molecule has 0 aromatic carbocycles. The molecular formula is C23H21N7O6S2. The van der Waals surface area contributed by atoms with Gasteiger partial charge in [0.1, 0.15) is 24.2 Å². The molecule has 38 heavy (non-hydrogen) atoms. The van der Waals surface area contributed by atoms with Crippen LogP contribution in [0.15, 0.2) is 51.9 Å². The largest absolute Gasteiger partial charge is 0.543 e. The van der Waals surface area contributed by atoms with Crippen molar-refractivity contribution in [3.05, 3.63) is 58.0 Å². The van der Waals surface area contributed by atoms with Gasteiger partial charge < -0.3 is 31.5 Å². The fourth-order valence-corrected chi connectivity index (χ4v) is 6.55. The molecule has 3 amide bonds. The van der Waals surface area contributed by atoms with E-state index in [-0.39, 0.29) is 33.8 Å². The number of hydrogen-bond donors (Lipinski definition) is 4. The van der Waals surface area contributed by atoms with E-state index in [2.05, 4.69) is 20.8 Å². The van der Waals surface area contributed by atoms with Crippen LogP contribution in [0.1, 0.15) is 17.7 Å². The van der Waals surface area contributed by atoms with Crippen molar-refractivity contribution in [2.24, 2.45) is 12.2 Å². The molecule has 5 N–H and O–H groups in total. The number of nitrogens with zero attached hydrogens (tertiary/aromatic N) is 4. The molecule has 3 aliphatic rings. The Morgan fingerprint density at radius 3 is 2.79 bits per heavy atom. The van der Waals surface area contributed by atoms with Crippen LogP contribution in [-0.2, 0) is 26.2 Å². The highest BCUT2D eigenvalue weighted by atomic mass is 32.2. The van der Waals surface area contributed by atoms with E-state index in [0.717, 1.165) is 16.2 Å². The zero-order valence-corrected chi connectivity index (χ0v) is 21.5. The predicted molar refractivity (Wildman–Crippen MR) is 134 cm³/mol. The van der Waals surface area contributed by atoms with E-state index in [0.29, 0.717) is 29.7 Å². The van der Waals surface area contributed by atoms with Crippen LogP contribution in [0.2, 0.25) is 0 Å². The number of anilines is 1. The van der Waals surface area contributed by atoms with Gasteiger partial charge in [-0.05, 0) is 18.1 Å². The van der Waals surface area contributed by atoms with Crippen molar-refractivity contribution in [2.45, 2.75) is 17.8 Å². The summed E-state index contributed by atoms with van der Waals surface area (Å²) >= 11 is 2.28. The molecule has 0 radical (unpaired) electrons. The number of aryl methyl sites for hydroxylation is 1. The van der Waals surface area contributed by atoms with Crippen LogP contribution in [0, 0.1) is 0 Å². The Kier molecular flexibility index (Phi) is 6.62. The fraction of sp³-hybridized carbons (Fsp3) is 0.261. The molecule has 0 spiro atoms. The predicted octanol–water partition coefficient (Wildman–Crippen LogP) is -1.89. The minimum Gasteiger partial charge on any atom is -0.543 e.